The van der Waals surface area contributed by atoms with E-state index in [9.17, 15) is 40.8 Å². The van der Waals surface area contributed by atoms with Crippen LogP contribution in [0.3, 0.4) is 0 Å². The molecule has 5 saturated carbocycles. The topological polar surface area (TPSA) is 175 Å². The lowest BCUT2D eigenvalue weighted by molar-refractivity contribution is -0.219. The Hall–Kier alpha value is -2.46. The van der Waals surface area contributed by atoms with Crippen molar-refractivity contribution in [2.75, 3.05) is 13.2 Å². The minimum absolute atomic E-state index is 0.00702. The molecule has 5 rings (SSSR count). The van der Waals surface area contributed by atoms with Crippen LogP contribution in [0.25, 0.3) is 0 Å². The van der Waals surface area contributed by atoms with E-state index in [0.717, 1.165) is 44.9 Å². The maximum atomic E-state index is 12.6. The molecule has 0 spiro atoms. The summed E-state index contributed by atoms with van der Waals surface area (Å²) in [5.41, 5.74) is -3.19. The van der Waals surface area contributed by atoms with E-state index in [1.807, 2.05) is 34.6 Å². The van der Waals surface area contributed by atoms with Crippen LogP contribution in [-0.4, -0.2) is 68.5 Å². The Morgan fingerprint density at radius 2 is 1.09 bits per heavy atom. The number of nitrogens with two attached hydrogens (primary N) is 1. The summed E-state index contributed by atoms with van der Waals surface area (Å²) >= 11 is 0. The van der Waals surface area contributed by atoms with E-state index in [1.54, 1.807) is 20.8 Å². The molecule has 5 fully saturated rings. The zero-order valence-corrected chi connectivity index (χ0v) is 37.5. The van der Waals surface area contributed by atoms with Crippen LogP contribution in [0.5, 0.6) is 0 Å². The predicted octanol–water partition coefficient (Wildman–Crippen LogP) is 9.21. The Bertz CT molecular complexity index is 1490. The van der Waals surface area contributed by atoms with Crippen LogP contribution in [0, 0.1) is 28.1 Å². The number of carbonyl (C=O) groups excluding carboxylic acids is 4. The number of hydrogen-bond acceptors (Lipinski definition) is 11. The number of esters is 4. The van der Waals surface area contributed by atoms with Crippen LogP contribution in [0.2, 0.25) is 0 Å². The number of hydrogen-bond donors (Lipinski definition) is 1. The predicted molar refractivity (Wildman–Crippen MR) is 212 cm³/mol. The van der Waals surface area contributed by atoms with Gasteiger partial charge in [0.1, 0.15) is 11.2 Å². The Kier molecular flexibility index (Phi) is 18.2. The summed E-state index contributed by atoms with van der Waals surface area (Å²) in [4.78, 5) is 47.0. The maximum Gasteiger partial charge on any atom is 0.422 e. The van der Waals surface area contributed by atoms with Crippen LogP contribution < -0.4 is 5.14 Å². The van der Waals surface area contributed by atoms with Gasteiger partial charge in [0.2, 0.25) is 0 Å². The fourth-order valence-electron chi connectivity index (χ4n) is 8.26. The molecular weight excluding hydrogens is 784 g/mol. The van der Waals surface area contributed by atoms with Gasteiger partial charge in [0.05, 0.1) is 21.8 Å². The smallest absolute Gasteiger partial charge is 0.422 e. The number of ether oxygens (including phenoxy) is 4. The maximum absolute atomic E-state index is 12.6. The highest BCUT2D eigenvalue weighted by Crippen LogP contribution is 2.60. The van der Waals surface area contributed by atoms with Crippen molar-refractivity contribution in [3.05, 3.63) is 0 Å². The van der Waals surface area contributed by atoms with Gasteiger partial charge in [-0.15, -0.1) is 0 Å². The van der Waals surface area contributed by atoms with Gasteiger partial charge >= 0.3 is 40.4 Å². The standard InChI is InChI=1S/C16H27NO5S.C16H30O2.C10H15F3O4/c1-4-14(2,3)13(18)21-15-6-11-5-12(7-15)9-16(8-11,10-15)22-23(17,19)20;1-5-15(3,4)14(17)18-16(6-2)12-10-8-7-9-11-13-16;1-4-9(2,3)8(15)16-5-7(14)17-6-10(11,12)13/h11-12H,4-10H2,1-3H3,(H2,17,19,20);5-13H2,1-4H3;4-6H2,1-3H3. The summed E-state index contributed by atoms with van der Waals surface area (Å²) in [5.74, 6) is -1.39. The highest BCUT2D eigenvalue weighted by Gasteiger charge is 2.62. The quantitative estimate of drug-likeness (QED) is 0.130. The summed E-state index contributed by atoms with van der Waals surface area (Å²) in [6.45, 7) is 16.4. The second-order valence-electron chi connectivity index (χ2n) is 19.1. The summed E-state index contributed by atoms with van der Waals surface area (Å²) < 4.78 is 83.7. The van der Waals surface area contributed by atoms with Gasteiger partial charge in [-0.2, -0.15) is 21.6 Å². The van der Waals surface area contributed by atoms with Gasteiger partial charge in [-0.05, 0) is 137 Å². The van der Waals surface area contributed by atoms with Crippen molar-refractivity contribution in [3.8, 4) is 0 Å². The molecule has 4 bridgehead atoms. The lowest BCUT2D eigenvalue weighted by Crippen LogP contribution is -2.62. The minimum Gasteiger partial charge on any atom is -0.459 e. The molecule has 2 atom stereocenters. The molecule has 0 aromatic heterocycles. The van der Waals surface area contributed by atoms with Crippen molar-refractivity contribution in [2.24, 2.45) is 33.2 Å². The first-order valence-electron chi connectivity index (χ1n) is 21.1. The van der Waals surface area contributed by atoms with E-state index in [4.69, 9.17) is 18.8 Å². The third-order valence-corrected chi connectivity index (χ3v) is 13.4. The Labute approximate surface area is 345 Å². The molecule has 5 aliphatic carbocycles. The van der Waals surface area contributed by atoms with Gasteiger partial charge in [-0.1, -0.05) is 47.0 Å². The van der Waals surface area contributed by atoms with Gasteiger partial charge in [0.15, 0.2) is 13.2 Å². The Morgan fingerprint density at radius 1 is 0.655 bits per heavy atom. The van der Waals surface area contributed by atoms with Crippen LogP contribution in [-0.2, 0) is 52.6 Å². The van der Waals surface area contributed by atoms with E-state index in [-0.39, 0.29) is 23.0 Å². The number of rotatable bonds is 14. The molecule has 2 unspecified atom stereocenters. The summed E-state index contributed by atoms with van der Waals surface area (Å²) in [7, 11) is -4.02. The molecule has 0 aliphatic heterocycles. The first-order valence-corrected chi connectivity index (χ1v) is 22.6. The molecule has 5 aliphatic rings. The summed E-state index contributed by atoms with van der Waals surface area (Å²) in [6, 6.07) is 0. The van der Waals surface area contributed by atoms with Crippen LogP contribution in [0.15, 0.2) is 0 Å². The molecule has 16 heteroatoms. The van der Waals surface area contributed by atoms with E-state index in [1.165, 1.54) is 32.1 Å². The first kappa shape index (κ1) is 51.7. The lowest BCUT2D eigenvalue weighted by Gasteiger charge is -2.60. The minimum atomic E-state index is -4.58. The van der Waals surface area contributed by atoms with E-state index in [2.05, 4.69) is 23.3 Å². The van der Waals surface area contributed by atoms with Crippen molar-refractivity contribution >= 4 is 34.2 Å². The molecule has 0 amide bonds. The zero-order valence-electron chi connectivity index (χ0n) is 36.7. The van der Waals surface area contributed by atoms with Crippen molar-refractivity contribution < 1.29 is 63.9 Å². The lowest BCUT2D eigenvalue weighted by atomic mass is 9.52. The Morgan fingerprint density at radius 3 is 1.52 bits per heavy atom. The molecule has 0 aromatic rings. The van der Waals surface area contributed by atoms with Gasteiger partial charge < -0.3 is 18.9 Å². The number of alkyl halides is 3. The molecule has 338 valence electrons. The fourth-order valence-corrected chi connectivity index (χ4v) is 8.95. The van der Waals surface area contributed by atoms with E-state index >= 15 is 0 Å². The molecule has 2 N–H and O–H groups in total. The SMILES string of the molecule is CCC(C)(C)C(=O)OC12CC3CC(C1)CC(OS(N)(=O)=O)(C3)C2.CCC(C)(C)C(=O)OCC(=O)OCC(F)(F)F.CCC1(OC(=O)C(C)(C)CC)CCCCCCC1. The molecule has 12 nitrogen and oxygen atoms in total. The molecule has 0 radical (unpaired) electrons. The van der Waals surface area contributed by atoms with Crippen LogP contribution in [0.4, 0.5) is 13.2 Å². The number of halogens is 3. The van der Waals surface area contributed by atoms with Gasteiger partial charge in [0.25, 0.3) is 0 Å². The fraction of sp³-hybridized carbons (Fsp3) is 0.905. The average molecular weight is 856 g/mol. The molecule has 0 heterocycles. The summed E-state index contributed by atoms with van der Waals surface area (Å²) in [5, 5.41) is 5.13. The molecule has 0 aromatic carbocycles. The van der Waals surface area contributed by atoms with Gasteiger partial charge in [-0.3, -0.25) is 18.6 Å². The van der Waals surface area contributed by atoms with Crippen molar-refractivity contribution in [2.45, 2.75) is 201 Å². The van der Waals surface area contributed by atoms with E-state index < -0.39 is 63.7 Å². The summed E-state index contributed by atoms with van der Waals surface area (Å²) in [6.07, 6.45) is 11.3. The number of carbonyl (C=O) groups is 4. The zero-order chi connectivity index (χ0) is 44.4. The van der Waals surface area contributed by atoms with E-state index in [0.29, 0.717) is 43.9 Å². The van der Waals surface area contributed by atoms with Crippen molar-refractivity contribution in [1.82, 2.24) is 0 Å². The average Bonchev–Trinajstić information content (AvgIpc) is 3.09. The Balaban J connectivity index is 0.000000306. The largest absolute Gasteiger partial charge is 0.459 e. The first-order chi connectivity index (χ1) is 26.5. The highest BCUT2D eigenvalue weighted by atomic mass is 32.2. The second-order valence-corrected chi connectivity index (χ2v) is 20.2. The molecular formula is C42H72F3NO11S. The van der Waals surface area contributed by atoms with Crippen LogP contribution in [0.1, 0.15) is 178 Å². The van der Waals surface area contributed by atoms with Gasteiger partial charge in [-0.25, -0.2) is 9.93 Å². The van der Waals surface area contributed by atoms with Crippen molar-refractivity contribution in [3.63, 3.8) is 0 Å². The molecule has 0 saturated heterocycles. The van der Waals surface area contributed by atoms with Crippen molar-refractivity contribution in [1.29, 1.82) is 0 Å². The van der Waals surface area contributed by atoms with Crippen LogP contribution >= 0.6 is 0 Å². The molecule has 58 heavy (non-hydrogen) atoms. The second kappa shape index (κ2) is 20.4. The van der Waals surface area contributed by atoms with Gasteiger partial charge in [0, 0.05) is 6.42 Å². The third kappa shape index (κ3) is 15.9. The normalized spacial score (nSPS) is 25.7. The third-order valence-electron chi connectivity index (χ3n) is 12.8. The highest BCUT2D eigenvalue weighted by molar-refractivity contribution is 7.84. The monoisotopic (exact) mass is 855 g/mol.